The Balaban J connectivity index is 3.08. The second-order valence-corrected chi connectivity index (χ2v) is 2.38. The lowest BCUT2D eigenvalue weighted by Crippen LogP contribution is -1.31. The number of nitrogens with zero attached hydrogens (tertiary/aromatic N) is 2. The Bertz CT molecular complexity index is 258. The third kappa shape index (κ3) is 1.07. The quantitative estimate of drug-likeness (QED) is 0.482. The lowest BCUT2D eigenvalue weighted by Gasteiger charge is -1.70. The topological polar surface area (TPSA) is 8.72 Å². The van der Waals surface area contributed by atoms with Crippen molar-refractivity contribution in [2.75, 3.05) is 0 Å². The van der Waals surface area contributed by atoms with E-state index in [0.717, 1.165) is 0 Å². The van der Waals surface area contributed by atoms with E-state index >= 15 is 0 Å². The van der Waals surface area contributed by atoms with Crippen molar-refractivity contribution >= 4 is 21.3 Å². The highest BCUT2D eigenvalue weighted by molar-refractivity contribution is 7.20. The minimum absolute atomic E-state index is 0.584. The van der Waals surface area contributed by atoms with Gasteiger partial charge in [0, 0.05) is 0 Å². The second kappa shape index (κ2) is 2.30. The summed E-state index contributed by atoms with van der Waals surface area (Å²) in [6, 6.07) is 3.32. The molecule has 0 aromatic carbocycles. The van der Waals surface area contributed by atoms with E-state index in [1.165, 1.54) is 11.3 Å². The summed E-state index contributed by atoms with van der Waals surface area (Å²) >= 11 is 1.22. The Kier molecular flexibility index (Phi) is 1.48. The monoisotopic (exact) mass is 134 g/mol. The van der Waals surface area contributed by atoms with E-state index in [1.807, 2.05) is 0 Å². The Morgan fingerprint density at radius 2 is 1.56 bits per heavy atom. The van der Waals surface area contributed by atoms with Crippen molar-refractivity contribution in [1.29, 1.82) is 0 Å². The van der Waals surface area contributed by atoms with Crippen LogP contribution >= 0.6 is 11.3 Å². The lowest BCUT2D eigenvalue weighted by molar-refractivity contribution is 1.98. The van der Waals surface area contributed by atoms with E-state index in [9.17, 15) is 0 Å². The molecule has 2 nitrogen and oxygen atoms in total. The molecular weight excluding hydrogens is 132 g/mol. The van der Waals surface area contributed by atoms with Gasteiger partial charge in [-0.15, -0.1) is 0 Å². The minimum Gasteiger partial charge on any atom is -0.228 e. The van der Waals surface area contributed by atoms with Crippen molar-refractivity contribution in [3.63, 3.8) is 0 Å². The first-order valence-corrected chi connectivity index (χ1v) is 3.03. The van der Waals surface area contributed by atoms with E-state index in [-0.39, 0.29) is 0 Å². The molecule has 0 amide bonds. The zero-order chi connectivity index (χ0) is 6.69. The van der Waals surface area contributed by atoms with E-state index < -0.39 is 0 Å². The smallest absolute Gasteiger partial charge is 0.228 e. The van der Waals surface area contributed by atoms with Crippen LogP contribution in [0.2, 0.25) is 0 Å². The van der Waals surface area contributed by atoms with E-state index in [2.05, 4.69) is 9.69 Å². The van der Waals surface area contributed by atoms with Gasteiger partial charge < -0.3 is 0 Å². The molecule has 42 valence electrons. The first-order valence-electron chi connectivity index (χ1n) is 2.21. The highest BCUT2D eigenvalue weighted by atomic mass is 32.1. The third-order valence-electron chi connectivity index (χ3n) is 0.798. The summed E-state index contributed by atoms with van der Waals surface area (Å²) in [5.41, 5.74) is 0. The van der Waals surface area contributed by atoms with Crippen molar-refractivity contribution in [3.05, 3.63) is 35.0 Å². The highest BCUT2D eigenvalue weighted by Crippen LogP contribution is 2.30. The van der Waals surface area contributed by atoms with Crippen LogP contribution in [0.3, 0.4) is 0 Å². The molecule has 9 heavy (non-hydrogen) atoms. The average molecular weight is 134 g/mol. The van der Waals surface area contributed by atoms with E-state index in [4.69, 9.17) is 13.1 Å². The van der Waals surface area contributed by atoms with Gasteiger partial charge in [0.2, 0.25) is 10.0 Å². The molecule has 0 unspecified atom stereocenters. The maximum Gasteiger partial charge on any atom is 0.229 e. The van der Waals surface area contributed by atoms with Crippen LogP contribution in [0.15, 0.2) is 12.1 Å². The Labute approximate surface area is 57.0 Å². The van der Waals surface area contributed by atoms with Gasteiger partial charge in [-0.2, -0.15) is 11.3 Å². The van der Waals surface area contributed by atoms with Crippen molar-refractivity contribution < 1.29 is 0 Å². The molecule has 0 radical (unpaired) electrons. The fraction of sp³-hybridized carbons (Fsp3) is 0. The summed E-state index contributed by atoms with van der Waals surface area (Å²) in [5, 5.41) is 1.17. The van der Waals surface area contributed by atoms with Gasteiger partial charge in [0.15, 0.2) is 0 Å². The van der Waals surface area contributed by atoms with Gasteiger partial charge in [-0.3, -0.25) is 0 Å². The number of thiophene rings is 1. The van der Waals surface area contributed by atoms with Crippen LogP contribution in [0.1, 0.15) is 0 Å². The minimum atomic E-state index is 0.584. The molecule has 0 atom stereocenters. The van der Waals surface area contributed by atoms with E-state index in [0.29, 0.717) is 10.0 Å². The zero-order valence-corrected chi connectivity index (χ0v) is 5.27. The molecule has 0 spiro atoms. The molecule has 0 bridgehead atoms. The van der Waals surface area contributed by atoms with Crippen LogP contribution in [-0.2, 0) is 0 Å². The maximum absolute atomic E-state index is 6.56. The normalized spacial score (nSPS) is 7.78. The van der Waals surface area contributed by atoms with Crippen molar-refractivity contribution in [2.45, 2.75) is 0 Å². The van der Waals surface area contributed by atoms with Crippen molar-refractivity contribution in [1.82, 2.24) is 0 Å². The molecule has 0 saturated carbocycles. The molecule has 0 N–H and O–H groups in total. The molecule has 1 rings (SSSR count). The molecule has 0 aliphatic carbocycles. The largest absolute Gasteiger partial charge is 0.229 e. The fourth-order valence-corrected chi connectivity index (χ4v) is 1.02. The van der Waals surface area contributed by atoms with Gasteiger partial charge in [0.25, 0.3) is 0 Å². The van der Waals surface area contributed by atoms with Gasteiger partial charge in [-0.25, -0.2) is 9.69 Å². The number of hydrogen-bond donors (Lipinski definition) is 0. The fourth-order valence-electron chi connectivity index (χ4n) is 0.438. The number of hydrogen-bond acceptors (Lipinski definition) is 1. The van der Waals surface area contributed by atoms with Gasteiger partial charge in [-0.05, 0) is 0 Å². The highest BCUT2D eigenvalue weighted by Gasteiger charge is 1.94. The summed E-state index contributed by atoms with van der Waals surface area (Å²) in [4.78, 5) is 6.33. The first kappa shape index (κ1) is 5.81. The average Bonchev–Trinajstić information content (AvgIpc) is 2.34. The van der Waals surface area contributed by atoms with Gasteiger partial charge >= 0.3 is 0 Å². The summed E-state index contributed by atoms with van der Waals surface area (Å²) in [5.74, 6) is 0. The molecule has 0 saturated heterocycles. The van der Waals surface area contributed by atoms with Gasteiger partial charge in [0.05, 0.1) is 13.1 Å². The lowest BCUT2D eigenvalue weighted by atomic mass is 10.6. The molecule has 1 aromatic rings. The SMILES string of the molecule is [C-]#[N+]c1ccc([N+]#[C-])s1. The molecule has 0 aliphatic rings. The van der Waals surface area contributed by atoms with Crippen LogP contribution in [0.5, 0.6) is 0 Å². The van der Waals surface area contributed by atoms with Crippen LogP contribution in [0, 0.1) is 13.1 Å². The summed E-state index contributed by atoms with van der Waals surface area (Å²) in [6.07, 6.45) is 0. The molecule has 1 heterocycles. The van der Waals surface area contributed by atoms with E-state index in [1.54, 1.807) is 12.1 Å². The Hall–Kier alpha value is -1.32. The summed E-state index contributed by atoms with van der Waals surface area (Å²) in [7, 11) is 0. The molecule has 0 fully saturated rings. The van der Waals surface area contributed by atoms with Crippen LogP contribution in [-0.4, -0.2) is 0 Å². The van der Waals surface area contributed by atoms with Crippen molar-refractivity contribution in [3.8, 4) is 0 Å². The van der Waals surface area contributed by atoms with Crippen LogP contribution in [0.25, 0.3) is 9.69 Å². The molecule has 1 aromatic heterocycles. The van der Waals surface area contributed by atoms with Gasteiger partial charge in [0.1, 0.15) is 0 Å². The Morgan fingerprint density at radius 1 is 1.11 bits per heavy atom. The summed E-state index contributed by atoms with van der Waals surface area (Å²) < 4.78 is 0. The third-order valence-corrected chi connectivity index (χ3v) is 1.67. The maximum atomic E-state index is 6.56. The van der Waals surface area contributed by atoms with Crippen LogP contribution in [0.4, 0.5) is 10.0 Å². The second-order valence-electron chi connectivity index (χ2n) is 1.34. The molecular formula is C6H2N2S. The van der Waals surface area contributed by atoms with Crippen molar-refractivity contribution in [2.24, 2.45) is 0 Å². The predicted octanol–water partition coefficient (Wildman–Crippen LogP) is 2.85. The standard InChI is InChI=1S/C6H2N2S/c1-7-5-3-4-6(8-2)9-5/h3-4H. The summed E-state index contributed by atoms with van der Waals surface area (Å²) in [6.45, 7) is 13.1. The molecule has 0 aliphatic heterocycles. The Morgan fingerprint density at radius 3 is 1.78 bits per heavy atom. The first-order chi connectivity index (χ1) is 4.36. The number of rotatable bonds is 0. The van der Waals surface area contributed by atoms with Crippen LogP contribution < -0.4 is 0 Å². The predicted molar refractivity (Wildman–Crippen MR) is 36.8 cm³/mol. The zero-order valence-electron chi connectivity index (χ0n) is 4.46. The van der Waals surface area contributed by atoms with Gasteiger partial charge in [-0.1, -0.05) is 12.1 Å². The molecule has 3 heteroatoms.